The lowest BCUT2D eigenvalue weighted by atomic mass is 9.95. The molecule has 0 aliphatic heterocycles. The number of rotatable bonds is 17. The first-order valence-corrected chi connectivity index (χ1v) is 11.5. The van der Waals surface area contributed by atoms with Crippen molar-refractivity contribution in [2.45, 2.75) is 103 Å². The lowest BCUT2D eigenvalue weighted by Crippen LogP contribution is -2.19. The summed E-state index contributed by atoms with van der Waals surface area (Å²) in [6.45, 7) is 2.39. The third-order valence-corrected chi connectivity index (χ3v) is 6.32. The van der Waals surface area contributed by atoms with Crippen LogP contribution in [0.5, 0.6) is 0 Å². The van der Waals surface area contributed by atoms with Gasteiger partial charge in [-0.3, -0.25) is 9.59 Å². The van der Waals surface area contributed by atoms with Crippen molar-refractivity contribution >= 4 is 11.9 Å². The molecule has 2 aliphatic carbocycles. The van der Waals surface area contributed by atoms with Crippen LogP contribution in [0.3, 0.4) is 0 Å². The molecule has 4 heteroatoms. The van der Waals surface area contributed by atoms with Crippen molar-refractivity contribution in [2.75, 3.05) is 6.61 Å². The Labute approximate surface area is 165 Å². The number of unbranched alkanes of at least 4 members (excludes halogenated alkanes) is 8. The van der Waals surface area contributed by atoms with Gasteiger partial charge >= 0.3 is 11.9 Å². The molecule has 0 aromatic heterocycles. The molecule has 2 aliphatic rings. The molecule has 0 spiro atoms. The highest BCUT2D eigenvalue weighted by atomic mass is 16.5. The smallest absolute Gasteiger partial charge is 0.309 e. The molecule has 4 nitrogen and oxygen atoms in total. The van der Waals surface area contributed by atoms with Crippen molar-refractivity contribution in [3.63, 3.8) is 0 Å². The second kappa shape index (κ2) is 12.4. The van der Waals surface area contributed by atoms with Gasteiger partial charge in [0.05, 0.1) is 18.4 Å². The van der Waals surface area contributed by atoms with E-state index in [1.807, 2.05) is 6.92 Å². The lowest BCUT2D eigenvalue weighted by Gasteiger charge is -2.14. The zero-order chi connectivity index (χ0) is 19.5. The van der Waals surface area contributed by atoms with Gasteiger partial charge in [0.15, 0.2) is 0 Å². The summed E-state index contributed by atoms with van der Waals surface area (Å²) in [5, 5.41) is 9.23. The number of hydrogen-bond acceptors (Lipinski definition) is 3. The van der Waals surface area contributed by atoms with Crippen molar-refractivity contribution in [1.82, 2.24) is 0 Å². The lowest BCUT2D eigenvalue weighted by molar-refractivity contribution is -0.149. The summed E-state index contributed by atoms with van der Waals surface area (Å²) in [6, 6.07) is 0. The Bertz CT molecular complexity index is 440. The summed E-state index contributed by atoms with van der Waals surface area (Å²) in [6.07, 6.45) is 17.5. The van der Waals surface area contributed by atoms with Crippen LogP contribution in [0.2, 0.25) is 0 Å². The van der Waals surface area contributed by atoms with Crippen LogP contribution >= 0.6 is 0 Å². The van der Waals surface area contributed by atoms with Gasteiger partial charge in [-0.05, 0) is 57.3 Å². The van der Waals surface area contributed by atoms with Gasteiger partial charge in [-0.15, -0.1) is 0 Å². The maximum absolute atomic E-state index is 12.0. The highest BCUT2D eigenvalue weighted by Crippen LogP contribution is 2.40. The number of esters is 1. The molecule has 0 saturated heterocycles. The summed E-state index contributed by atoms with van der Waals surface area (Å²) in [7, 11) is 0. The highest BCUT2D eigenvalue weighted by molar-refractivity contribution is 5.73. The molecule has 2 rings (SSSR count). The van der Waals surface area contributed by atoms with Crippen LogP contribution in [0, 0.1) is 23.7 Å². The second-order valence-corrected chi connectivity index (χ2v) is 8.74. The number of carbonyl (C=O) groups is 2. The summed E-state index contributed by atoms with van der Waals surface area (Å²) in [4.78, 5) is 23.2. The van der Waals surface area contributed by atoms with E-state index in [0.29, 0.717) is 18.4 Å². The van der Waals surface area contributed by atoms with E-state index in [9.17, 15) is 14.7 Å². The number of carboxylic acid groups (broad SMARTS) is 1. The largest absolute Gasteiger partial charge is 0.481 e. The molecule has 2 saturated carbocycles. The minimum absolute atomic E-state index is 0.0341. The first kappa shape index (κ1) is 22.2. The minimum atomic E-state index is -0.579. The van der Waals surface area contributed by atoms with Crippen LogP contribution in [-0.2, 0) is 14.3 Å². The van der Waals surface area contributed by atoms with Gasteiger partial charge in [0, 0.05) is 0 Å². The van der Waals surface area contributed by atoms with Crippen molar-refractivity contribution in [1.29, 1.82) is 0 Å². The van der Waals surface area contributed by atoms with Crippen LogP contribution in [0.15, 0.2) is 0 Å². The van der Waals surface area contributed by atoms with Gasteiger partial charge in [-0.1, -0.05) is 57.8 Å². The van der Waals surface area contributed by atoms with Crippen molar-refractivity contribution in [3.8, 4) is 0 Å². The van der Waals surface area contributed by atoms with E-state index >= 15 is 0 Å². The minimum Gasteiger partial charge on any atom is -0.481 e. The van der Waals surface area contributed by atoms with E-state index in [4.69, 9.17) is 4.74 Å². The third-order valence-electron chi connectivity index (χ3n) is 6.32. The van der Waals surface area contributed by atoms with E-state index in [0.717, 1.165) is 38.5 Å². The molecule has 2 atom stereocenters. The Morgan fingerprint density at radius 1 is 0.778 bits per heavy atom. The van der Waals surface area contributed by atoms with Crippen LogP contribution in [0.1, 0.15) is 103 Å². The van der Waals surface area contributed by atoms with Gasteiger partial charge in [0.1, 0.15) is 0 Å². The van der Waals surface area contributed by atoms with E-state index in [1.54, 1.807) is 0 Å². The van der Waals surface area contributed by atoms with Crippen LogP contribution < -0.4 is 0 Å². The summed E-state index contributed by atoms with van der Waals surface area (Å²) in [5.74, 6) is 0.626. The molecule has 2 fully saturated rings. The fraction of sp³-hybridized carbons (Fsp3) is 0.913. The van der Waals surface area contributed by atoms with E-state index in [-0.39, 0.29) is 17.8 Å². The predicted molar refractivity (Wildman–Crippen MR) is 107 cm³/mol. The van der Waals surface area contributed by atoms with E-state index in [1.165, 1.54) is 57.8 Å². The Kier molecular flexibility index (Phi) is 10.2. The first-order chi connectivity index (χ1) is 13.1. The van der Waals surface area contributed by atoms with Crippen molar-refractivity contribution in [2.24, 2.45) is 23.7 Å². The number of hydrogen-bond donors (Lipinski definition) is 1. The average molecular weight is 381 g/mol. The molecule has 27 heavy (non-hydrogen) atoms. The summed E-state index contributed by atoms with van der Waals surface area (Å²) < 4.78 is 5.22. The van der Waals surface area contributed by atoms with Crippen LogP contribution in [0.4, 0.5) is 0 Å². The maximum Gasteiger partial charge on any atom is 0.309 e. The molecule has 0 heterocycles. The summed E-state index contributed by atoms with van der Waals surface area (Å²) >= 11 is 0. The molecule has 156 valence electrons. The van der Waals surface area contributed by atoms with Gasteiger partial charge in [0.25, 0.3) is 0 Å². The standard InChI is InChI=1S/C23H40O4/c1-2-27-23(26)21(19-16-17-19)13-11-9-7-5-3-4-6-8-10-12-20(22(24)25)18-14-15-18/h18-21H,2-17H2,1H3,(H,24,25). The quantitative estimate of drug-likeness (QED) is 0.249. The normalized spacial score (nSPS) is 18.9. The fourth-order valence-corrected chi connectivity index (χ4v) is 4.32. The van der Waals surface area contributed by atoms with Crippen molar-refractivity contribution in [3.05, 3.63) is 0 Å². The Morgan fingerprint density at radius 3 is 1.59 bits per heavy atom. The maximum atomic E-state index is 12.0. The van der Waals surface area contributed by atoms with Gasteiger partial charge in [0.2, 0.25) is 0 Å². The average Bonchev–Trinajstić information content (AvgIpc) is 3.52. The van der Waals surface area contributed by atoms with E-state index < -0.39 is 5.97 Å². The van der Waals surface area contributed by atoms with Gasteiger partial charge < -0.3 is 9.84 Å². The molecule has 0 aromatic carbocycles. The molecule has 0 amide bonds. The molecule has 0 bridgehead atoms. The third kappa shape index (κ3) is 9.12. The number of carboxylic acids is 1. The van der Waals surface area contributed by atoms with Crippen LogP contribution in [-0.4, -0.2) is 23.7 Å². The van der Waals surface area contributed by atoms with Crippen LogP contribution in [0.25, 0.3) is 0 Å². The number of aliphatic carboxylic acids is 1. The first-order valence-electron chi connectivity index (χ1n) is 11.5. The fourth-order valence-electron chi connectivity index (χ4n) is 4.32. The molecule has 2 unspecified atom stereocenters. The van der Waals surface area contributed by atoms with E-state index in [2.05, 4.69) is 0 Å². The monoisotopic (exact) mass is 380 g/mol. The molecular weight excluding hydrogens is 340 g/mol. The number of carbonyl (C=O) groups excluding carboxylic acids is 1. The molecule has 0 aromatic rings. The van der Waals surface area contributed by atoms with Gasteiger partial charge in [-0.25, -0.2) is 0 Å². The SMILES string of the molecule is CCOC(=O)C(CCCCCCCCCCCC(C(=O)O)C1CC1)C1CC1. The highest BCUT2D eigenvalue weighted by Gasteiger charge is 2.36. The molecule has 0 radical (unpaired) electrons. The predicted octanol–water partition coefficient (Wildman–Crippen LogP) is 5.98. The Hall–Kier alpha value is -1.06. The zero-order valence-corrected chi connectivity index (χ0v) is 17.3. The Morgan fingerprint density at radius 2 is 1.19 bits per heavy atom. The van der Waals surface area contributed by atoms with Gasteiger partial charge in [-0.2, -0.15) is 0 Å². The Balaban J connectivity index is 1.38. The second-order valence-electron chi connectivity index (χ2n) is 8.74. The summed E-state index contributed by atoms with van der Waals surface area (Å²) in [5.41, 5.74) is 0. The topological polar surface area (TPSA) is 63.6 Å². The zero-order valence-electron chi connectivity index (χ0n) is 17.3. The molecular formula is C23H40O4. The molecule has 1 N–H and O–H groups in total. The van der Waals surface area contributed by atoms with Crippen molar-refractivity contribution < 1.29 is 19.4 Å². The number of ether oxygens (including phenoxy) is 1.